The molecule has 0 heterocycles. The van der Waals surface area contributed by atoms with Crippen molar-refractivity contribution in [2.24, 2.45) is 0 Å². The molecule has 0 N–H and O–H groups in total. The monoisotopic (exact) mass is 304 g/mol. The highest BCUT2D eigenvalue weighted by atomic mass is 28.4. The molecule has 114 valence electrons. The first kappa shape index (κ1) is 16.0. The third kappa shape index (κ3) is 4.54. The van der Waals surface area contributed by atoms with Gasteiger partial charge in [-0.25, -0.2) is 0 Å². The van der Waals surface area contributed by atoms with E-state index in [4.69, 9.17) is 9.16 Å². The Morgan fingerprint density at radius 2 is 1.95 bits per heavy atom. The van der Waals surface area contributed by atoms with Gasteiger partial charge in [-0.1, -0.05) is 18.2 Å². The van der Waals surface area contributed by atoms with Crippen molar-refractivity contribution in [3.63, 3.8) is 0 Å². The van der Waals surface area contributed by atoms with Crippen molar-refractivity contribution >= 4 is 20.2 Å². The molecule has 1 unspecified atom stereocenters. The zero-order chi connectivity index (χ0) is 15.5. The van der Waals surface area contributed by atoms with Crippen molar-refractivity contribution in [1.29, 1.82) is 0 Å². The van der Waals surface area contributed by atoms with Crippen molar-refractivity contribution < 1.29 is 14.0 Å². The van der Waals surface area contributed by atoms with E-state index in [1.807, 2.05) is 30.3 Å². The molecule has 1 aliphatic rings. The minimum absolute atomic E-state index is 0.0963. The van der Waals surface area contributed by atoms with Gasteiger partial charge in [-0.05, 0) is 50.2 Å². The molecule has 1 atom stereocenters. The standard InChI is InChI=1S/C17H24O3Si/c1-19-17-8-6-5-7-14(17)11-13-9-10-15(12-16(13)18)20-21(2,3)4/h5-8,11,15H,9-10,12H2,1-4H3/b13-11-. The van der Waals surface area contributed by atoms with Crippen molar-refractivity contribution in [3.05, 3.63) is 35.4 Å². The van der Waals surface area contributed by atoms with E-state index in [1.165, 1.54) is 0 Å². The van der Waals surface area contributed by atoms with Crippen LogP contribution in [0.4, 0.5) is 0 Å². The fourth-order valence-electron chi connectivity index (χ4n) is 2.62. The lowest BCUT2D eigenvalue weighted by Gasteiger charge is -2.29. The summed E-state index contributed by atoms with van der Waals surface area (Å²) in [6, 6.07) is 7.78. The highest BCUT2D eigenvalue weighted by Gasteiger charge is 2.28. The molecule has 4 heteroatoms. The summed E-state index contributed by atoms with van der Waals surface area (Å²) in [7, 11) is 0.0739. The Kier molecular flexibility index (Phi) is 5.01. The number of benzene rings is 1. The Labute approximate surface area is 128 Å². The summed E-state index contributed by atoms with van der Waals surface area (Å²) >= 11 is 0. The number of carbonyl (C=O) groups excluding carboxylic acids is 1. The van der Waals surface area contributed by atoms with Crippen LogP contribution in [0.5, 0.6) is 5.75 Å². The van der Waals surface area contributed by atoms with E-state index in [0.717, 1.165) is 29.7 Å². The van der Waals surface area contributed by atoms with Crippen LogP contribution in [0.25, 0.3) is 6.08 Å². The number of ketones is 1. The predicted molar refractivity (Wildman–Crippen MR) is 88.0 cm³/mol. The van der Waals surface area contributed by atoms with E-state index in [-0.39, 0.29) is 11.9 Å². The molecule has 1 aromatic carbocycles. The van der Waals surface area contributed by atoms with Crippen molar-refractivity contribution in [1.82, 2.24) is 0 Å². The summed E-state index contributed by atoms with van der Waals surface area (Å²) in [5.41, 5.74) is 1.85. The molecule has 0 amide bonds. The summed E-state index contributed by atoms with van der Waals surface area (Å²) in [5, 5.41) is 0. The SMILES string of the molecule is COc1ccccc1/C=C1/CCC(O[Si](C)(C)C)CC1=O. The third-order valence-electron chi connectivity index (χ3n) is 3.50. The van der Waals surface area contributed by atoms with Crippen molar-refractivity contribution in [2.75, 3.05) is 7.11 Å². The van der Waals surface area contributed by atoms with Gasteiger partial charge in [0.1, 0.15) is 5.75 Å². The molecular weight excluding hydrogens is 280 g/mol. The second kappa shape index (κ2) is 6.58. The van der Waals surface area contributed by atoms with Crippen LogP contribution in [0.15, 0.2) is 29.8 Å². The Bertz CT molecular complexity index is 543. The summed E-state index contributed by atoms with van der Waals surface area (Å²) in [5.74, 6) is 1.01. The number of allylic oxidation sites excluding steroid dienone is 1. The highest BCUT2D eigenvalue weighted by molar-refractivity contribution is 6.69. The average molecular weight is 304 g/mol. The number of hydrogen-bond donors (Lipinski definition) is 0. The number of Topliss-reactive ketones (excluding diaryl/α,β-unsaturated/α-hetero) is 1. The van der Waals surface area contributed by atoms with Crippen molar-refractivity contribution in [2.45, 2.75) is 45.0 Å². The Balaban J connectivity index is 2.10. The molecule has 3 nitrogen and oxygen atoms in total. The number of methoxy groups -OCH3 is 1. The number of para-hydroxylation sites is 1. The zero-order valence-corrected chi connectivity index (χ0v) is 14.3. The Morgan fingerprint density at radius 3 is 2.57 bits per heavy atom. The van der Waals surface area contributed by atoms with Gasteiger partial charge in [0.05, 0.1) is 13.2 Å². The van der Waals surface area contributed by atoms with Crippen LogP contribution in [0.1, 0.15) is 24.8 Å². The molecule has 21 heavy (non-hydrogen) atoms. The van der Waals surface area contributed by atoms with Gasteiger partial charge < -0.3 is 9.16 Å². The van der Waals surface area contributed by atoms with Crippen LogP contribution >= 0.6 is 0 Å². The van der Waals surface area contributed by atoms with Gasteiger partial charge in [-0.3, -0.25) is 4.79 Å². The summed E-state index contributed by atoms with van der Waals surface area (Å²) < 4.78 is 11.4. The Morgan fingerprint density at radius 1 is 1.24 bits per heavy atom. The van der Waals surface area contributed by atoms with Gasteiger partial charge in [0.15, 0.2) is 14.1 Å². The number of carbonyl (C=O) groups is 1. The van der Waals surface area contributed by atoms with Gasteiger partial charge in [-0.15, -0.1) is 0 Å². The molecule has 2 rings (SSSR count). The smallest absolute Gasteiger partial charge is 0.184 e. The molecule has 0 aliphatic heterocycles. The molecule has 1 fully saturated rings. The van der Waals surface area contributed by atoms with E-state index in [9.17, 15) is 4.79 Å². The van der Waals surface area contributed by atoms with Gasteiger partial charge in [0.25, 0.3) is 0 Å². The average Bonchev–Trinajstić information content (AvgIpc) is 2.40. The lowest BCUT2D eigenvalue weighted by atomic mass is 9.90. The minimum Gasteiger partial charge on any atom is -0.496 e. The highest BCUT2D eigenvalue weighted by Crippen LogP contribution is 2.29. The Hall–Kier alpha value is -1.39. The molecule has 1 saturated carbocycles. The third-order valence-corrected chi connectivity index (χ3v) is 4.54. The van der Waals surface area contributed by atoms with Gasteiger partial charge in [0, 0.05) is 12.0 Å². The van der Waals surface area contributed by atoms with Crippen LogP contribution in [-0.4, -0.2) is 27.3 Å². The first-order valence-electron chi connectivity index (χ1n) is 7.43. The predicted octanol–water partition coefficient (Wildman–Crippen LogP) is 4.05. The maximum atomic E-state index is 12.3. The largest absolute Gasteiger partial charge is 0.496 e. The van der Waals surface area contributed by atoms with Crippen LogP contribution in [0, 0.1) is 0 Å². The molecule has 0 bridgehead atoms. The van der Waals surface area contributed by atoms with Crippen LogP contribution in [-0.2, 0) is 9.22 Å². The van der Waals surface area contributed by atoms with E-state index >= 15 is 0 Å². The quantitative estimate of drug-likeness (QED) is 0.622. The summed E-state index contributed by atoms with van der Waals surface area (Å²) in [6.07, 6.45) is 4.28. The molecule has 0 spiro atoms. The molecule has 1 aliphatic carbocycles. The maximum Gasteiger partial charge on any atom is 0.184 e. The summed E-state index contributed by atoms with van der Waals surface area (Å²) in [4.78, 5) is 12.3. The number of rotatable bonds is 4. The molecular formula is C17H24O3Si. The normalized spacial score (nSPS) is 21.6. The van der Waals surface area contributed by atoms with Crippen LogP contribution < -0.4 is 4.74 Å². The molecule has 1 aromatic rings. The van der Waals surface area contributed by atoms with E-state index in [1.54, 1.807) is 7.11 Å². The van der Waals surface area contributed by atoms with E-state index in [2.05, 4.69) is 19.6 Å². The van der Waals surface area contributed by atoms with Crippen LogP contribution in [0.3, 0.4) is 0 Å². The molecule has 0 radical (unpaired) electrons. The lowest BCUT2D eigenvalue weighted by molar-refractivity contribution is -0.118. The molecule has 0 saturated heterocycles. The zero-order valence-electron chi connectivity index (χ0n) is 13.3. The van der Waals surface area contributed by atoms with Crippen molar-refractivity contribution in [3.8, 4) is 5.75 Å². The lowest BCUT2D eigenvalue weighted by Crippen LogP contribution is -2.35. The van der Waals surface area contributed by atoms with Gasteiger partial charge >= 0.3 is 0 Å². The topological polar surface area (TPSA) is 35.5 Å². The van der Waals surface area contributed by atoms with Crippen LogP contribution in [0.2, 0.25) is 19.6 Å². The first-order valence-corrected chi connectivity index (χ1v) is 10.8. The maximum absolute atomic E-state index is 12.3. The fraction of sp³-hybridized carbons (Fsp3) is 0.471. The fourth-order valence-corrected chi connectivity index (χ4v) is 3.82. The number of hydrogen-bond acceptors (Lipinski definition) is 3. The second-order valence-electron chi connectivity index (χ2n) is 6.43. The van der Waals surface area contributed by atoms with E-state index in [0.29, 0.717) is 6.42 Å². The minimum atomic E-state index is -1.58. The summed E-state index contributed by atoms with van der Waals surface area (Å²) in [6.45, 7) is 6.49. The van der Waals surface area contributed by atoms with Gasteiger partial charge in [0.2, 0.25) is 0 Å². The van der Waals surface area contributed by atoms with E-state index < -0.39 is 8.32 Å². The van der Waals surface area contributed by atoms with Gasteiger partial charge in [-0.2, -0.15) is 0 Å². The molecule has 0 aromatic heterocycles. The second-order valence-corrected chi connectivity index (χ2v) is 10.9. The number of ether oxygens (including phenoxy) is 1. The first-order chi connectivity index (χ1) is 9.89.